The highest BCUT2D eigenvalue weighted by molar-refractivity contribution is 6.32. The minimum Gasteiger partial charge on any atom is -0.492 e. The molecule has 4 heteroatoms. The van der Waals surface area contributed by atoms with Gasteiger partial charge in [0.25, 0.3) is 0 Å². The van der Waals surface area contributed by atoms with Crippen LogP contribution in [0.5, 0.6) is 5.75 Å². The van der Waals surface area contributed by atoms with Crippen molar-refractivity contribution in [1.29, 1.82) is 0 Å². The molecular formula is C12H13ClO3. The number of ketones is 1. The van der Waals surface area contributed by atoms with E-state index in [1.54, 1.807) is 19.1 Å². The van der Waals surface area contributed by atoms with Crippen LogP contribution in [0.4, 0.5) is 0 Å². The molecule has 0 atom stereocenters. The van der Waals surface area contributed by atoms with Gasteiger partial charge in [0.05, 0.1) is 18.1 Å². The van der Waals surface area contributed by atoms with E-state index in [1.165, 1.54) is 0 Å². The Kier molecular flexibility index (Phi) is 4.50. The molecule has 0 aliphatic rings. The fraction of sp³-hybridized carbons (Fsp3) is 0.333. The Morgan fingerprint density at radius 3 is 2.75 bits per heavy atom. The molecule has 1 aromatic carbocycles. The standard InChI is InChI=1S/C12H13ClO3/c1-3-16-12-6-8(2)9(7-10(12)13)11(15)4-5-14/h5-7H,3-4H2,1-2H3. The molecule has 0 saturated carbocycles. The fourth-order valence-corrected chi connectivity index (χ4v) is 1.63. The lowest BCUT2D eigenvalue weighted by Gasteiger charge is -2.09. The van der Waals surface area contributed by atoms with Crippen molar-refractivity contribution < 1.29 is 14.3 Å². The largest absolute Gasteiger partial charge is 0.492 e. The molecule has 0 N–H and O–H groups in total. The van der Waals surface area contributed by atoms with Gasteiger partial charge in [0, 0.05) is 5.56 Å². The molecule has 0 bridgehead atoms. The maximum atomic E-state index is 11.6. The van der Waals surface area contributed by atoms with E-state index in [1.807, 2.05) is 6.92 Å². The summed E-state index contributed by atoms with van der Waals surface area (Å²) >= 11 is 5.96. The van der Waals surface area contributed by atoms with Gasteiger partial charge < -0.3 is 9.53 Å². The summed E-state index contributed by atoms with van der Waals surface area (Å²) in [5, 5.41) is 0.390. The number of hydrogen-bond donors (Lipinski definition) is 0. The van der Waals surface area contributed by atoms with E-state index >= 15 is 0 Å². The topological polar surface area (TPSA) is 43.4 Å². The molecule has 0 saturated heterocycles. The van der Waals surface area contributed by atoms with E-state index in [4.69, 9.17) is 16.3 Å². The van der Waals surface area contributed by atoms with Gasteiger partial charge in [-0.1, -0.05) is 11.6 Å². The maximum absolute atomic E-state index is 11.6. The third-order valence-electron chi connectivity index (χ3n) is 2.15. The van der Waals surface area contributed by atoms with E-state index in [0.29, 0.717) is 29.2 Å². The summed E-state index contributed by atoms with van der Waals surface area (Å²) in [5.74, 6) is 0.335. The molecule has 0 aromatic heterocycles. The Morgan fingerprint density at radius 2 is 2.19 bits per heavy atom. The minimum atomic E-state index is -0.225. The second-order valence-corrected chi connectivity index (χ2v) is 3.73. The van der Waals surface area contributed by atoms with Crippen molar-refractivity contribution in [3.63, 3.8) is 0 Å². The summed E-state index contributed by atoms with van der Waals surface area (Å²) in [4.78, 5) is 21.8. The van der Waals surface area contributed by atoms with Gasteiger partial charge in [0.2, 0.25) is 0 Å². The van der Waals surface area contributed by atoms with Crippen molar-refractivity contribution in [2.45, 2.75) is 20.3 Å². The number of halogens is 1. The zero-order valence-electron chi connectivity index (χ0n) is 9.25. The number of benzene rings is 1. The first-order valence-corrected chi connectivity index (χ1v) is 5.37. The molecule has 0 aliphatic carbocycles. The third-order valence-corrected chi connectivity index (χ3v) is 2.44. The average molecular weight is 241 g/mol. The van der Waals surface area contributed by atoms with Crippen LogP contribution < -0.4 is 4.74 Å². The average Bonchev–Trinajstić information content (AvgIpc) is 2.23. The van der Waals surface area contributed by atoms with Gasteiger partial charge >= 0.3 is 0 Å². The van der Waals surface area contributed by atoms with Crippen LogP contribution in [0.15, 0.2) is 12.1 Å². The smallest absolute Gasteiger partial charge is 0.170 e. The molecule has 0 radical (unpaired) electrons. The highest BCUT2D eigenvalue weighted by Crippen LogP contribution is 2.28. The Bertz CT molecular complexity index is 413. The first-order chi connectivity index (χ1) is 7.60. The second kappa shape index (κ2) is 5.66. The number of Topliss-reactive ketones (excluding diaryl/α,β-unsaturated/α-hetero) is 1. The van der Waals surface area contributed by atoms with Gasteiger partial charge in [0.1, 0.15) is 12.0 Å². The van der Waals surface area contributed by atoms with Crippen molar-refractivity contribution in [1.82, 2.24) is 0 Å². The molecule has 3 nitrogen and oxygen atoms in total. The molecule has 1 aromatic rings. The molecule has 0 unspecified atom stereocenters. The summed E-state index contributed by atoms with van der Waals surface area (Å²) in [6.45, 7) is 4.16. The van der Waals surface area contributed by atoms with Crippen LogP contribution in [0.25, 0.3) is 0 Å². The first-order valence-electron chi connectivity index (χ1n) is 5.00. The number of ether oxygens (including phenoxy) is 1. The van der Waals surface area contributed by atoms with E-state index < -0.39 is 0 Å². The number of carbonyl (C=O) groups excluding carboxylic acids is 2. The molecule has 0 spiro atoms. The van der Waals surface area contributed by atoms with E-state index in [2.05, 4.69) is 0 Å². The van der Waals surface area contributed by atoms with Crippen molar-refractivity contribution in [2.75, 3.05) is 6.61 Å². The van der Waals surface area contributed by atoms with Crippen LogP contribution in [0.1, 0.15) is 29.3 Å². The predicted octanol–water partition coefficient (Wildman–Crippen LogP) is 2.82. The summed E-state index contributed by atoms with van der Waals surface area (Å²) in [6.07, 6.45) is 0.470. The lowest BCUT2D eigenvalue weighted by Crippen LogP contribution is -2.03. The molecule has 0 heterocycles. The van der Waals surface area contributed by atoms with E-state index in [9.17, 15) is 9.59 Å². The number of aryl methyl sites for hydroxylation is 1. The maximum Gasteiger partial charge on any atom is 0.170 e. The van der Waals surface area contributed by atoms with Crippen LogP contribution in [0.2, 0.25) is 5.02 Å². The van der Waals surface area contributed by atoms with Crippen molar-refractivity contribution in [3.05, 3.63) is 28.3 Å². The Labute approximate surface area is 99.4 Å². The van der Waals surface area contributed by atoms with E-state index in [0.717, 1.165) is 5.56 Å². The molecule has 0 aliphatic heterocycles. The summed E-state index contributed by atoms with van der Waals surface area (Å²) in [6, 6.07) is 3.26. The first kappa shape index (κ1) is 12.7. The van der Waals surface area contributed by atoms with E-state index in [-0.39, 0.29) is 12.2 Å². The summed E-state index contributed by atoms with van der Waals surface area (Å²) < 4.78 is 5.30. The lowest BCUT2D eigenvalue weighted by molar-refractivity contribution is -0.107. The summed E-state index contributed by atoms with van der Waals surface area (Å²) in [5.41, 5.74) is 1.24. The fourth-order valence-electron chi connectivity index (χ4n) is 1.41. The Hall–Kier alpha value is -1.35. The third kappa shape index (κ3) is 2.83. The molecule has 0 fully saturated rings. The van der Waals surface area contributed by atoms with Crippen LogP contribution in [-0.2, 0) is 4.79 Å². The zero-order chi connectivity index (χ0) is 12.1. The highest BCUT2D eigenvalue weighted by Gasteiger charge is 2.12. The Morgan fingerprint density at radius 1 is 1.50 bits per heavy atom. The second-order valence-electron chi connectivity index (χ2n) is 3.32. The van der Waals surface area contributed by atoms with Crippen LogP contribution in [0, 0.1) is 6.92 Å². The van der Waals surface area contributed by atoms with Gasteiger partial charge in [-0.3, -0.25) is 4.79 Å². The van der Waals surface area contributed by atoms with Gasteiger partial charge in [-0.05, 0) is 31.5 Å². The van der Waals surface area contributed by atoms with Gasteiger partial charge in [-0.15, -0.1) is 0 Å². The normalized spacial score (nSPS) is 9.94. The van der Waals surface area contributed by atoms with Gasteiger partial charge in [-0.2, -0.15) is 0 Å². The number of aldehydes is 1. The number of carbonyl (C=O) groups is 2. The molecule has 16 heavy (non-hydrogen) atoms. The monoisotopic (exact) mass is 240 g/mol. The Balaban J connectivity index is 3.09. The minimum absolute atomic E-state index is 0.120. The lowest BCUT2D eigenvalue weighted by atomic mass is 10.0. The van der Waals surface area contributed by atoms with Crippen LogP contribution >= 0.6 is 11.6 Å². The van der Waals surface area contributed by atoms with Crippen molar-refractivity contribution in [3.8, 4) is 5.75 Å². The molecular weight excluding hydrogens is 228 g/mol. The molecule has 0 amide bonds. The van der Waals surface area contributed by atoms with Crippen molar-refractivity contribution in [2.24, 2.45) is 0 Å². The summed E-state index contributed by atoms with van der Waals surface area (Å²) in [7, 11) is 0. The van der Waals surface area contributed by atoms with Crippen molar-refractivity contribution >= 4 is 23.7 Å². The van der Waals surface area contributed by atoms with Crippen LogP contribution in [0.3, 0.4) is 0 Å². The van der Waals surface area contributed by atoms with Crippen LogP contribution in [-0.4, -0.2) is 18.7 Å². The zero-order valence-corrected chi connectivity index (χ0v) is 10.0. The number of hydrogen-bond acceptors (Lipinski definition) is 3. The number of rotatable bonds is 5. The van der Waals surface area contributed by atoms with Gasteiger partial charge in [0.15, 0.2) is 5.78 Å². The molecule has 86 valence electrons. The quantitative estimate of drug-likeness (QED) is 0.452. The highest BCUT2D eigenvalue weighted by atomic mass is 35.5. The molecule has 1 rings (SSSR count). The van der Waals surface area contributed by atoms with Gasteiger partial charge in [-0.25, -0.2) is 0 Å². The SMILES string of the molecule is CCOc1cc(C)c(C(=O)CC=O)cc1Cl. The predicted molar refractivity (Wildman–Crippen MR) is 62.4 cm³/mol.